The molecule has 0 saturated carbocycles. The number of benzene rings is 1. The molecule has 1 aromatic carbocycles. The summed E-state index contributed by atoms with van der Waals surface area (Å²) < 4.78 is 4.95. The lowest BCUT2D eigenvalue weighted by molar-refractivity contribution is -0.129. The minimum Gasteiger partial charge on any atom is -0.361 e. The molecule has 1 aliphatic rings. The van der Waals surface area contributed by atoms with Gasteiger partial charge in [-0.1, -0.05) is 35.5 Å². The Labute approximate surface area is 185 Å². The number of hydrogen-bond acceptors (Lipinski definition) is 6. The van der Waals surface area contributed by atoms with Gasteiger partial charge in [0, 0.05) is 31.0 Å². The zero-order valence-electron chi connectivity index (χ0n) is 17.7. The number of carbonyl (C=O) groups excluding carboxylic acids is 4. The number of aldehydes is 1. The number of rotatable bonds is 10. The number of nitrogens with one attached hydrogen (secondary N) is 3. The van der Waals surface area contributed by atoms with Gasteiger partial charge in [-0.2, -0.15) is 0 Å². The summed E-state index contributed by atoms with van der Waals surface area (Å²) in [7, 11) is 0. The summed E-state index contributed by atoms with van der Waals surface area (Å²) in [6, 6.07) is 9.17. The van der Waals surface area contributed by atoms with E-state index in [0.717, 1.165) is 5.56 Å². The van der Waals surface area contributed by atoms with Crippen molar-refractivity contribution in [3.8, 4) is 0 Å². The molecule has 1 fully saturated rings. The zero-order valence-corrected chi connectivity index (χ0v) is 17.7. The van der Waals surface area contributed by atoms with E-state index in [1.807, 2.05) is 30.3 Å². The monoisotopic (exact) mass is 438 g/mol. The molecule has 0 bridgehead atoms. The van der Waals surface area contributed by atoms with Crippen molar-refractivity contribution in [2.75, 3.05) is 6.54 Å². The van der Waals surface area contributed by atoms with E-state index in [9.17, 15) is 19.2 Å². The Morgan fingerprint density at radius 3 is 2.69 bits per heavy atom. The van der Waals surface area contributed by atoms with Crippen molar-refractivity contribution in [2.24, 2.45) is 5.92 Å². The van der Waals surface area contributed by atoms with E-state index in [0.29, 0.717) is 30.7 Å². The maximum atomic E-state index is 12.9. The summed E-state index contributed by atoms with van der Waals surface area (Å²) in [5.74, 6) is -0.805. The van der Waals surface area contributed by atoms with E-state index in [2.05, 4.69) is 21.1 Å². The molecule has 1 aromatic heterocycles. The Morgan fingerprint density at radius 1 is 1.28 bits per heavy atom. The molecule has 168 valence electrons. The van der Waals surface area contributed by atoms with E-state index in [1.165, 1.54) is 12.2 Å². The summed E-state index contributed by atoms with van der Waals surface area (Å²) in [5, 5.41) is 11.8. The first-order valence-electron chi connectivity index (χ1n) is 10.4. The molecule has 9 nitrogen and oxygen atoms in total. The van der Waals surface area contributed by atoms with Gasteiger partial charge in [-0.05, 0) is 31.4 Å². The van der Waals surface area contributed by atoms with Crippen LogP contribution in [0.1, 0.15) is 29.9 Å². The summed E-state index contributed by atoms with van der Waals surface area (Å²) in [5.41, 5.74) is 1.33. The smallest absolute Gasteiger partial charge is 0.244 e. The Kier molecular flexibility index (Phi) is 7.91. The number of nitrogens with zero attached hydrogens (tertiary/aromatic N) is 1. The number of hydrogen-bond donors (Lipinski definition) is 3. The molecule has 0 spiro atoms. The first-order chi connectivity index (χ1) is 15.4. The Hall–Kier alpha value is -3.75. The van der Waals surface area contributed by atoms with Crippen LogP contribution < -0.4 is 16.0 Å². The van der Waals surface area contributed by atoms with Gasteiger partial charge in [0.1, 0.15) is 23.8 Å². The molecule has 9 heteroatoms. The van der Waals surface area contributed by atoms with Crippen molar-refractivity contribution in [1.82, 2.24) is 21.1 Å². The quantitative estimate of drug-likeness (QED) is 0.374. The Balaban J connectivity index is 1.67. The summed E-state index contributed by atoms with van der Waals surface area (Å²) >= 11 is 0. The fourth-order valence-electron chi connectivity index (χ4n) is 3.51. The normalized spacial score (nSPS) is 17.5. The van der Waals surface area contributed by atoms with Crippen LogP contribution >= 0.6 is 0 Å². The average Bonchev–Trinajstić information content (AvgIpc) is 3.39. The molecule has 2 heterocycles. The minimum absolute atomic E-state index is 0.117. The first kappa shape index (κ1) is 22.9. The van der Waals surface area contributed by atoms with Gasteiger partial charge in [0.05, 0.1) is 6.04 Å². The van der Waals surface area contributed by atoms with Gasteiger partial charge < -0.3 is 25.3 Å². The van der Waals surface area contributed by atoms with Crippen molar-refractivity contribution in [3.05, 3.63) is 59.5 Å². The lowest BCUT2D eigenvalue weighted by Gasteiger charge is -2.21. The van der Waals surface area contributed by atoms with Crippen LogP contribution in [-0.4, -0.2) is 47.8 Å². The predicted octanol–water partition coefficient (Wildman–Crippen LogP) is 0.934. The molecule has 1 aliphatic heterocycles. The molecule has 3 unspecified atom stereocenters. The third-order valence-corrected chi connectivity index (χ3v) is 5.16. The highest BCUT2D eigenvalue weighted by atomic mass is 16.5. The molecule has 1 saturated heterocycles. The Morgan fingerprint density at radius 2 is 2.06 bits per heavy atom. The van der Waals surface area contributed by atoms with Crippen molar-refractivity contribution >= 4 is 30.1 Å². The van der Waals surface area contributed by atoms with Gasteiger partial charge in [0.2, 0.25) is 17.7 Å². The molecule has 0 aliphatic carbocycles. The molecule has 3 rings (SSSR count). The van der Waals surface area contributed by atoms with Crippen LogP contribution in [0, 0.1) is 12.8 Å². The molecule has 2 aromatic rings. The van der Waals surface area contributed by atoms with Crippen LogP contribution in [0.15, 0.2) is 47.0 Å². The topological polar surface area (TPSA) is 130 Å². The summed E-state index contributed by atoms with van der Waals surface area (Å²) in [4.78, 5) is 48.7. The molecular formula is C23H26N4O5. The van der Waals surface area contributed by atoms with Crippen LogP contribution in [0.25, 0.3) is 6.08 Å². The van der Waals surface area contributed by atoms with Gasteiger partial charge in [0.25, 0.3) is 0 Å². The molecular weight excluding hydrogens is 412 g/mol. The third-order valence-electron chi connectivity index (χ3n) is 5.16. The van der Waals surface area contributed by atoms with Gasteiger partial charge in [0.15, 0.2) is 0 Å². The van der Waals surface area contributed by atoms with E-state index in [1.54, 1.807) is 13.0 Å². The number of aromatic nitrogens is 1. The molecule has 32 heavy (non-hydrogen) atoms. The number of aryl methyl sites for hydroxylation is 1. The molecule has 0 radical (unpaired) electrons. The van der Waals surface area contributed by atoms with Crippen LogP contribution in [0.3, 0.4) is 0 Å². The van der Waals surface area contributed by atoms with Gasteiger partial charge >= 0.3 is 0 Å². The van der Waals surface area contributed by atoms with Crippen LogP contribution in [0.5, 0.6) is 0 Å². The fourth-order valence-corrected chi connectivity index (χ4v) is 3.51. The highest BCUT2D eigenvalue weighted by Gasteiger charge is 2.29. The largest absolute Gasteiger partial charge is 0.361 e. The second-order valence-corrected chi connectivity index (χ2v) is 7.71. The van der Waals surface area contributed by atoms with Gasteiger partial charge in [-0.3, -0.25) is 14.4 Å². The molecule has 3 atom stereocenters. The fraction of sp³-hybridized carbons (Fsp3) is 0.348. The van der Waals surface area contributed by atoms with Crippen molar-refractivity contribution in [1.29, 1.82) is 0 Å². The first-order valence-corrected chi connectivity index (χ1v) is 10.4. The average molecular weight is 438 g/mol. The van der Waals surface area contributed by atoms with Crippen molar-refractivity contribution in [3.63, 3.8) is 0 Å². The lowest BCUT2D eigenvalue weighted by atomic mass is 9.98. The van der Waals surface area contributed by atoms with E-state index in [-0.39, 0.29) is 24.7 Å². The predicted molar refractivity (Wildman–Crippen MR) is 116 cm³/mol. The highest BCUT2D eigenvalue weighted by Crippen LogP contribution is 2.15. The van der Waals surface area contributed by atoms with E-state index >= 15 is 0 Å². The number of carbonyl (C=O) groups is 4. The maximum absolute atomic E-state index is 12.9. The maximum Gasteiger partial charge on any atom is 0.244 e. The summed E-state index contributed by atoms with van der Waals surface area (Å²) in [6.45, 7) is 2.30. The van der Waals surface area contributed by atoms with E-state index in [4.69, 9.17) is 4.52 Å². The second-order valence-electron chi connectivity index (χ2n) is 7.71. The third kappa shape index (κ3) is 6.63. The van der Waals surface area contributed by atoms with Gasteiger partial charge in [-0.25, -0.2) is 0 Å². The molecule has 3 amide bonds. The molecule has 3 N–H and O–H groups in total. The zero-order chi connectivity index (χ0) is 22.9. The van der Waals surface area contributed by atoms with Crippen LogP contribution in [-0.2, 0) is 25.6 Å². The Bertz CT molecular complexity index is 985. The number of amides is 3. The SMILES string of the molecule is Cc1cc(C=CC(=O)NC(Cc2ccccc2)C(=O)NC(C=O)CC2CCNC2=O)no1. The van der Waals surface area contributed by atoms with Crippen molar-refractivity contribution < 1.29 is 23.7 Å². The lowest BCUT2D eigenvalue weighted by Crippen LogP contribution is -2.51. The van der Waals surface area contributed by atoms with Crippen molar-refractivity contribution in [2.45, 2.75) is 38.3 Å². The van der Waals surface area contributed by atoms with Crippen LogP contribution in [0.4, 0.5) is 0 Å². The van der Waals surface area contributed by atoms with Crippen LogP contribution in [0.2, 0.25) is 0 Å². The standard InChI is InChI=1S/C23H26N4O5/c1-15-11-18(27-32-15)7-8-21(29)26-20(12-16-5-3-2-4-6-16)23(31)25-19(14-28)13-17-9-10-24-22(17)30/h2-8,11,14,17,19-20H,9-10,12-13H2,1H3,(H,24,30)(H,25,31)(H,26,29). The van der Waals surface area contributed by atoms with Gasteiger partial charge in [-0.15, -0.1) is 0 Å². The minimum atomic E-state index is -0.909. The summed E-state index contributed by atoms with van der Waals surface area (Å²) in [6.07, 6.45) is 4.45. The van der Waals surface area contributed by atoms with E-state index < -0.39 is 23.9 Å². The second kappa shape index (κ2) is 11.0. The highest BCUT2D eigenvalue weighted by molar-refractivity contribution is 5.96.